The van der Waals surface area contributed by atoms with Gasteiger partial charge in [0.25, 0.3) is 5.91 Å². The van der Waals surface area contributed by atoms with Crippen LogP contribution in [0.1, 0.15) is 27.6 Å². The molecule has 1 amide bonds. The zero-order chi connectivity index (χ0) is 20.8. The van der Waals surface area contributed by atoms with Gasteiger partial charge in [-0.05, 0) is 36.8 Å². The zero-order valence-corrected chi connectivity index (χ0v) is 17.2. The fraction of sp³-hybridized carbons (Fsp3) is 0.182. The van der Waals surface area contributed by atoms with Crippen LogP contribution in [0.5, 0.6) is 11.5 Å². The lowest BCUT2D eigenvalue weighted by Crippen LogP contribution is -2.14. The minimum atomic E-state index is -0.498. The standard InChI is InChI=1S/C22H21NO5S/c1-4-28-22(25)19-16(15-10-11-17(26-2)18(12-15)27-3)13-29-21(19)23-20(24)14-8-6-5-7-9-14/h5-13H,4H2,1-3H3,(H,23,24). The second-order valence-corrected chi connectivity index (χ2v) is 6.84. The molecule has 3 aromatic rings. The molecule has 0 saturated heterocycles. The summed E-state index contributed by atoms with van der Waals surface area (Å²) >= 11 is 1.27. The highest BCUT2D eigenvalue weighted by atomic mass is 32.1. The minimum absolute atomic E-state index is 0.228. The zero-order valence-electron chi connectivity index (χ0n) is 16.4. The Morgan fingerprint density at radius 3 is 2.38 bits per heavy atom. The van der Waals surface area contributed by atoms with E-state index in [2.05, 4.69) is 5.32 Å². The van der Waals surface area contributed by atoms with Crippen molar-refractivity contribution in [2.75, 3.05) is 26.1 Å². The highest BCUT2D eigenvalue weighted by molar-refractivity contribution is 7.15. The average Bonchev–Trinajstić information content (AvgIpc) is 3.17. The van der Waals surface area contributed by atoms with Crippen LogP contribution in [0.4, 0.5) is 5.00 Å². The van der Waals surface area contributed by atoms with Gasteiger partial charge in [0.05, 0.1) is 20.8 Å². The van der Waals surface area contributed by atoms with E-state index < -0.39 is 5.97 Å². The first kappa shape index (κ1) is 20.4. The van der Waals surface area contributed by atoms with Gasteiger partial charge in [0, 0.05) is 16.5 Å². The highest BCUT2D eigenvalue weighted by Gasteiger charge is 2.23. The first-order chi connectivity index (χ1) is 14.1. The number of benzene rings is 2. The Bertz CT molecular complexity index is 1010. The van der Waals surface area contributed by atoms with Crippen LogP contribution in [-0.2, 0) is 4.74 Å². The monoisotopic (exact) mass is 411 g/mol. The van der Waals surface area contributed by atoms with Crippen LogP contribution in [0.3, 0.4) is 0 Å². The van der Waals surface area contributed by atoms with Gasteiger partial charge in [-0.2, -0.15) is 0 Å². The largest absolute Gasteiger partial charge is 0.493 e. The van der Waals surface area contributed by atoms with E-state index in [9.17, 15) is 9.59 Å². The van der Waals surface area contributed by atoms with Gasteiger partial charge >= 0.3 is 5.97 Å². The number of thiophene rings is 1. The number of carbonyl (C=O) groups is 2. The van der Waals surface area contributed by atoms with E-state index in [0.29, 0.717) is 33.2 Å². The van der Waals surface area contributed by atoms with Crippen molar-refractivity contribution in [1.29, 1.82) is 0 Å². The number of esters is 1. The Kier molecular flexibility index (Phi) is 6.51. The third-order valence-electron chi connectivity index (χ3n) is 4.23. The molecule has 0 bridgehead atoms. The van der Waals surface area contributed by atoms with E-state index in [1.165, 1.54) is 11.3 Å². The Balaban J connectivity index is 2.02. The van der Waals surface area contributed by atoms with Crippen LogP contribution in [0, 0.1) is 0 Å². The number of ether oxygens (including phenoxy) is 3. The van der Waals surface area contributed by atoms with Crippen molar-refractivity contribution in [3.05, 3.63) is 65.0 Å². The molecular formula is C22H21NO5S. The summed E-state index contributed by atoms with van der Waals surface area (Å²) in [6, 6.07) is 14.2. The maximum Gasteiger partial charge on any atom is 0.341 e. The number of carbonyl (C=O) groups excluding carboxylic acids is 2. The highest BCUT2D eigenvalue weighted by Crippen LogP contribution is 2.39. The molecule has 6 nitrogen and oxygen atoms in total. The summed E-state index contributed by atoms with van der Waals surface area (Å²) in [4.78, 5) is 25.3. The molecule has 0 atom stereocenters. The van der Waals surface area contributed by atoms with Crippen molar-refractivity contribution in [1.82, 2.24) is 0 Å². The molecule has 150 valence electrons. The lowest BCUT2D eigenvalue weighted by Gasteiger charge is -2.11. The van der Waals surface area contributed by atoms with Crippen molar-refractivity contribution >= 4 is 28.2 Å². The molecule has 1 aromatic heterocycles. The number of amides is 1. The normalized spacial score (nSPS) is 10.3. The quantitative estimate of drug-likeness (QED) is 0.562. The van der Waals surface area contributed by atoms with E-state index in [1.54, 1.807) is 57.5 Å². The molecule has 3 rings (SSSR count). The van der Waals surface area contributed by atoms with Gasteiger partial charge < -0.3 is 19.5 Å². The van der Waals surface area contributed by atoms with Gasteiger partial charge in [0.15, 0.2) is 11.5 Å². The molecule has 0 saturated carbocycles. The molecule has 0 aliphatic heterocycles. The summed E-state index contributed by atoms with van der Waals surface area (Å²) in [5.41, 5.74) is 2.22. The fourth-order valence-corrected chi connectivity index (χ4v) is 3.79. The van der Waals surface area contributed by atoms with Crippen LogP contribution in [-0.4, -0.2) is 32.7 Å². The molecule has 0 unspecified atom stereocenters. The fourth-order valence-electron chi connectivity index (χ4n) is 2.84. The smallest absolute Gasteiger partial charge is 0.341 e. The van der Waals surface area contributed by atoms with Gasteiger partial charge in [-0.3, -0.25) is 4.79 Å². The SMILES string of the molecule is CCOC(=O)c1c(-c2ccc(OC)c(OC)c2)csc1NC(=O)c1ccccc1. The van der Waals surface area contributed by atoms with E-state index >= 15 is 0 Å². The summed E-state index contributed by atoms with van der Waals surface area (Å²) in [6.45, 7) is 1.97. The lowest BCUT2D eigenvalue weighted by atomic mass is 10.0. The predicted molar refractivity (Wildman–Crippen MR) is 113 cm³/mol. The Labute approximate surface area is 173 Å². The third kappa shape index (κ3) is 4.41. The molecule has 1 N–H and O–H groups in total. The van der Waals surface area contributed by atoms with Crippen molar-refractivity contribution in [2.24, 2.45) is 0 Å². The van der Waals surface area contributed by atoms with Crippen LogP contribution < -0.4 is 14.8 Å². The van der Waals surface area contributed by atoms with Gasteiger partial charge in [-0.15, -0.1) is 11.3 Å². The van der Waals surface area contributed by atoms with Gasteiger partial charge in [0.1, 0.15) is 10.6 Å². The Hall–Kier alpha value is -3.32. The molecule has 7 heteroatoms. The first-order valence-corrected chi connectivity index (χ1v) is 9.84. The number of nitrogens with one attached hydrogen (secondary N) is 1. The molecular weight excluding hydrogens is 390 g/mol. The average molecular weight is 411 g/mol. The van der Waals surface area contributed by atoms with Gasteiger partial charge in [-0.25, -0.2) is 4.79 Å². The number of hydrogen-bond acceptors (Lipinski definition) is 6. The number of methoxy groups -OCH3 is 2. The number of rotatable bonds is 7. The van der Waals surface area contributed by atoms with Crippen LogP contribution >= 0.6 is 11.3 Å². The minimum Gasteiger partial charge on any atom is -0.493 e. The summed E-state index contributed by atoms with van der Waals surface area (Å²) < 4.78 is 15.9. The summed E-state index contributed by atoms with van der Waals surface area (Å²) in [6.07, 6.45) is 0. The maximum atomic E-state index is 12.7. The molecule has 29 heavy (non-hydrogen) atoms. The molecule has 2 aromatic carbocycles. The van der Waals surface area contributed by atoms with Crippen molar-refractivity contribution < 1.29 is 23.8 Å². The predicted octanol–water partition coefficient (Wildman–Crippen LogP) is 4.86. The van der Waals surface area contributed by atoms with E-state index in [-0.39, 0.29) is 12.5 Å². The molecule has 0 spiro atoms. The van der Waals surface area contributed by atoms with Gasteiger partial charge in [0.2, 0.25) is 0 Å². The number of anilines is 1. The topological polar surface area (TPSA) is 73.9 Å². The lowest BCUT2D eigenvalue weighted by molar-refractivity contribution is 0.0529. The van der Waals surface area contributed by atoms with Crippen molar-refractivity contribution in [3.8, 4) is 22.6 Å². The molecule has 0 aliphatic rings. The molecule has 0 fully saturated rings. The molecule has 0 aliphatic carbocycles. The number of hydrogen-bond donors (Lipinski definition) is 1. The van der Waals surface area contributed by atoms with E-state index in [4.69, 9.17) is 14.2 Å². The van der Waals surface area contributed by atoms with Crippen molar-refractivity contribution in [3.63, 3.8) is 0 Å². The van der Waals surface area contributed by atoms with E-state index in [0.717, 1.165) is 5.56 Å². The molecule has 1 heterocycles. The van der Waals surface area contributed by atoms with Gasteiger partial charge in [-0.1, -0.05) is 24.3 Å². The summed E-state index contributed by atoms with van der Waals surface area (Å²) in [5.74, 6) is 0.335. The summed E-state index contributed by atoms with van der Waals surface area (Å²) in [7, 11) is 3.11. The Morgan fingerprint density at radius 1 is 1.00 bits per heavy atom. The summed E-state index contributed by atoms with van der Waals surface area (Å²) in [5, 5.41) is 5.08. The van der Waals surface area contributed by atoms with E-state index in [1.807, 2.05) is 17.5 Å². The maximum absolute atomic E-state index is 12.7. The third-order valence-corrected chi connectivity index (χ3v) is 5.12. The van der Waals surface area contributed by atoms with Crippen molar-refractivity contribution in [2.45, 2.75) is 6.92 Å². The molecule has 0 radical (unpaired) electrons. The van der Waals surface area contributed by atoms with Crippen LogP contribution in [0.25, 0.3) is 11.1 Å². The first-order valence-electron chi connectivity index (χ1n) is 8.96. The van der Waals surface area contributed by atoms with Crippen LogP contribution in [0.2, 0.25) is 0 Å². The Morgan fingerprint density at radius 2 is 1.72 bits per heavy atom. The van der Waals surface area contributed by atoms with Crippen LogP contribution in [0.15, 0.2) is 53.9 Å². The second kappa shape index (κ2) is 9.25. The second-order valence-electron chi connectivity index (χ2n) is 5.96.